The molecule has 0 unspecified atom stereocenters. The van der Waals surface area contributed by atoms with E-state index in [0.29, 0.717) is 22.5 Å². The van der Waals surface area contributed by atoms with Crippen LogP contribution in [0.5, 0.6) is 0 Å². The monoisotopic (exact) mass is 315 g/mol. The van der Waals surface area contributed by atoms with Crippen LogP contribution in [0.2, 0.25) is 0 Å². The summed E-state index contributed by atoms with van der Waals surface area (Å²) in [6.45, 7) is 3.40. The number of hydrogen-bond acceptors (Lipinski definition) is 4. The van der Waals surface area contributed by atoms with Crippen LogP contribution < -0.4 is 10.9 Å². The quantitative estimate of drug-likeness (QED) is 0.885. The maximum Gasteiger partial charge on any atom is 0.307 e. The first-order valence-corrected chi connectivity index (χ1v) is 6.96. The Balaban J connectivity index is 2.26. The molecule has 23 heavy (non-hydrogen) atoms. The molecule has 2 aromatic rings. The number of rotatable bonds is 4. The number of aromatic nitrogens is 2. The normalized spacial score (nSPS) is 10.4. The van der Waals surface area contributed by atoms with Gasteiger partial charge in [-0.1, -0.05) is 12.1 Å². The van der Waals surface area contributed by atoms with E-state index in [1.807, 2.05) is 0 Å². The first kappa shape index (κ1) is 16.4. The molecule has 7 heteroatoms. The first-order chi connectivity index (χ1) is 10.8. The molecule has 0 fully saturated rings. The molecule has 1 aromatic heterocycles. The van der Waals surface area contributed by atoms with Crippen molar-refractivity contribution in [2.45, 2.75) is 20.3 Å². The molecule has 7 nitrogen and oxygen atoms in total. The average molecular weight is 315 g/mol. The molecule has 1 amide bonds. The number of hydrogen-bond donors (Lipinski definition) is 2. The molecule has 0 aliphatic carbocycles. The summed E-state index contributed by atoms with van der Waals surface area (Å²) in [6, 6.07) is 6.44. The van der Waals surface area contributed by atoms with Crippen LogP contribution in [-0.4, -0.2) is 26.8 Å². The van der Waals surface area contributed by atoms with Gasteiger partial charge >= 0.3 is 5.97 Å². The van der Waals surface area contributed by atoms with Gasteiger partial charge in [0.1, 0.15) is 5.56 Å². The van der Waals surface area contributed by atoms with Gasteiger partial charge in [-0.3, -0.25) is 14.4 Å². The van der Waals surface area contributed by atoms with Crippen LogP contribution in [0.3, 0.4) is 0 Å². The zero-order valence-electron chi connectivity index (χ0n) is 13.1. The van der Waals surface area contributed by atoms with Gasteiger partial charge in [0.2, 0.25) is 0 Å². The Hall–Kier alpha value is -2.96. The highest BCUT2D eigenvalue weighted by Gasteiger charge is 2.18. The van der Waals surface area contributed by atoms with Crippen molar-refractivity contribution < 1.29 is 14.7 Å². The van der Waals surface area contributed by atoms with Crippen molar-refractivity contribution in [3.8, 4) is 0 Å². The first-order valence-electron chi connectivity index (χ1n) is 6.96. The van der Waals surface area contributed by atoms with Gasteiger partial charge in [0.25, 0.3) is 11.5 Å². The molecule has 0 saturated carbocycles. The van der Waals surface area contributed by atoms with Crippen molar-refractivity contribution in [3.05, 3.63) is 57.0 Å². The van der Waals surface area contributed by atoms with Crippen molar-refractivity contribution in [1.82, 2.24) is 9.78 Å². The van der Waals surface area contributed by atoms with Gasteiger partial charge in [0.05, 0.1) is 12.1 Å². The fourth-order valence-corrected chi connectivity index (χ4v) is 2.19. The van der Waals surface area contributed by atoms with Crippen molar-refractivity contribution in [2.24, 2.45) is 7.05 Å². The molecule has 0 bridgehead atoms. The third-order valence-electron chi connectivity index (χ3n) is 3.52. The Kier molecular flexibility index (Phi) is 4.59. The fourth-order valence-electron chi connectivity index (χ4n) is 2.19. The summed E-state index contributed by atoms with van der Waals surface area (Å²) in [5.41, 5.74) is 1.84. The molecule has 1 heterocycles. The van der Waals surface area contributed by atoms with Crippen LogP contribution >= 0.6 is 0 Å². The molecule has 0 aliphatic heterocycles. The van der Waals surface area contributed by atoms with Crippen molar-refractivity contribution in [2.75, 3.05) is 5.32 Å². The van der Waals surface area contributed by atoms with Gasteiger partial charge in [0.15, 0.2) is 0 Å². The van der Waals surface area contributed by atoms with E-state index in [0.717, 1.165) is 4.68 Å². The minimum atomic E-state index is -0.923. The molecule has 2 rings (SSSR count). The van der Waals surface area contributed by atoms with Crippen LogP contribution in [0.1, 0.15) is 27.2 Å². The summed E-state index contributed by atoms with van der Waals surface area (Å²) in [5.74, 6) is -1.44. The molecule has 0 aliphatic rings. The minimum absolute atomic E-state index is 0.0506. The third kappa shape index (κ3) is 3.63. The van der Waals surface area contributed by atoms with Gasteiger partial charge in [-0.25, -0.2) is 4.68 Å². The second-order valence-corrected chi connectivity index (χ2v) is 5.24. The Bertz CT molecular complexity index is 822. The summed E-state index contributed by atoms with van der Waals surface area (Å²) in [5, 5.41) is 15.4. The number of benzene rings is 1. The van der Waals surface area contributed by atoms with E-state index in [2.05, 4.69) is 10.4 Å². The molecule has 0 radical (unpaired) electrons. The lowest BCUT2D eigenvalue weighted by molar-refractivity contribution is -0.136. The van der Waals surface area contributed by atoms with E-state index < -0.39 is 17.4 Å². The number of aliphatic carboxylic acids is 1. The zero-order valence-corrected chi connectivity index (χ0v) is 13.1. The van der Waals surface area contributed by atoms with Crippen LogP contribution in [0, 0.1) is 13.8 Å². The van der Waals surface area contributed by atoms with Gasteiger partial charge in [-0.05, 0) is 37.1 Å². The maximum absolute atomic E-state index is 12.4. The number of anilines is 1. The largest absolute Gasteiger partial charge is 0.481 e. The van der Waals surface area contributed by atoms with E-state index in [1.54, 1.807) is 38.1 Å². The van der Waals surface area contributed by atoms with Crippen molar-refractivity contribution in [3.63, 3.8) is 0 Å². The van der Waals surface area contributed by atoms with Gasteiger partial charge in [-0.15, -0.1) is 0 Å². The maximum atomic E-state index is 12.4. The molecular formula is C16H17N3O4. The second-order valence-electron chi connectivity index (χ2n) is 5.24. The molecular weight excluding hydrogens is 298 g/mol. The van der Waals surface area contributed by atoms with Crippen molar-refractivity contribution in [1.29, 1.82) is 0 Å². The van der Waals surface area contributed by atoms with Crippen LogP contribution in [0.15, 0.2) is 29.1 Å². The predicted octanol–water partition coefficient (Wildman–Crippen LogP) is 1.28. The minimum Gasteiger partial charge on any atom is -0.481 e. The number of carboxylic acid groups (broad SMARTS) is 1. The summed E-state index contributed by atoms with van der Waals surface area (Å²) >= 11 is 0. The summed E-state index contributed by atoms with van der Waals surface area (Å²) in [7, 11) is 1.49. The number of nitrogens with zero attached hydrogens (tertiary/aromatic N) is 2. The van der Waals surface area contributed by atoms with Crippen LogP contribution in [0.25, 0.3) is 0 Å². The number of carbonyl (C=O) groups excluding carboxylic acids is 1. The van der Waals surface area contributed by atoms with E-state index >= 15 is 0 Å². The van der Waals surface area contributed by atoms with E-state index in [1.165, 1.54) is 7.05 Å². The second kappa shape index (κ2) is 6.43. The lowest BCUT2D eigenvalue weighted by Crippen LogP contribution is -2.31. The van der Waals surface area contributed by atoms with Gasteiger partial charge in [0, 0.05) is 12.7 Å². The van der Waals surface area contributed by atoms with Crippen molar-refractivity contribution >= 4 is 17.6 Å². The Labute approximate surface area is 132 Å². The SMILES string of the molecule is Cc1nn(C)c(=O)c(C(=O)Nc2ccc(CC(=O)O)cc2)c1C. The molecule has 0 atom stereocenters. The summed E-state index contributed by atoms with van der Waals surface area (Å²) < 4.78 is 1.13. The lowest BCUT2D eigenvalue weighted by Gasteiger charge is -2.10. The highest BCUT2D eigenvalue weighted by molar-refractivity contribution is 6.05. The Morgan fingerprint density at radius 2 is 1.83 bits per heavy atom. The van der Waals surface area contributed by atoms with Crippen LogP contribution in [0.4, 0.5) is 5.69 Å². The third-order valence-corrected chi connectivity index (χ3v) is 3.52. The fraction of sp³-hybridized carbons (Fsp3) is 0.250. The molecule has 1 aromatic carbocycles. The Morgan fingerprint density at radius 1 is 1.22 bits per heavy atom. The number of amides is 1. The molecule has 2 N–H and O–H groups in total. The number of nitrogens with one attached hydrogen (secondary N) is 1. The zero-order chi connectivity index (χ0) is 17.1. The smallest absolute Gasteiger partial charge is 0.307 e. The topological polar surface area (TPSA) is 101 Å². The van der Waals surface area contributed by atoms with Gasteiger partial charge < -0.3 is 10.4 Å². The predicted molar refractivity (Wildman–Crippen MR) is 84.7 cm³/mol. The van der Waals surface area contributed by atoms with E-state index in [-0.39, 0.29) is 12.0 Å². The van der Waals surface area contributed by atoms with E-state index in [4.69, 9.17) is 5.11 Å². The Morgan fingerprint density at radius 3 is 2.39 bits per heavy atom. The number of aryl methyl sites for hydroxylation is 2. The summed E-state index contributed by atoms with van der Waals surface area (Å²) in [6.07, 6.45) is -0.0859. The van der Waals surface area contributed by atoms with Crippen LogP contribution in [-0.2, 0) is 18.3 Å². The standard InChI is InChI=1S/C16H17N3O4/c1-9-10(2)18-19(3)16(23)14(9)15(22)17-12-6-4-11(5-7-12)8-13(20)21/h4-7H,8H2,1-3H3,(H,17,22)(H,20,21). The lowest BCUT2D eigenvalue weighted by atomic mass is 10.1. The molecule has 120 valence electrons. The molecule has 0 spiro atoms. The van der Waals surface area contributed by atoms with E-state index in [9.17, 15) is 14.4 Å². The number of carboxylic acids is 1. The highest BCUT2D eigenvalue weighted by atomic mass is 16.4. The average Bonchev–Trinajstić information content (AvgIpc) is 2.47. The highest BCUT2D eigenvalue weighted by Crippen LogP contribution is 2.13. The molecule has 0 saturated heterocycles. The summed E-state index contributed by atoms with van der Waals surface area (Å²) in [4.78, 5) is 35.1. The van der Waals surface area contributed by atoms with Gasteiger partial charge in [-0.2, -0.15) is 5.10 Å². The number of carbonyl (C=O) groups is 2.